The lowest BCUT2D eigenvalue weighted by Crippen LogP contribution is -2.27. The maximum Gasteiger partial charge on any atom is 0.252 e. The Hall–Kier alpha value is -2.63. The molecule has 0 spiro atoms. The van der Waals surface area contributed by atoms with Crippen LogP contribution in [0.15, 0.2) is 35.0 Å². The van der Waals surface area contributed by atoms with Gasteiger partial charge in [0.1, 0.15) is 12.1 Å². The van der Waals surface area contributed by atoms with Crippen molar-refractivity contribution in [2.45, 2.75) is 19.8 Å². The molecule has 0 bridgehead atoms. The molecule has 0 radical (unpaired) electrons. The third kappa shape index (κ3) is 2.72. The molecule has 3 heterocycles. The molecule has 0 saturated carbocycles. The predicted molar refractivity (Wildman–Crippen MR) is 86.6 cm³/mol. The monoisotopic (exact) mass is 310 g/mol. The summed E-state index contributed by atoms with van der Waals surface area (Å²) in [5.41, 5.74) is 2.49. The molecule has 0 saturated heterocycles. The van der Waals surface area contributed by atoms with E-state index >= 15 is 0 Å². The molecular formula is C17H18N4O2. The van der Waals surface area contributed by atoms with Crippen molar-refractivity contribution in [1.82, 2.24) is 15.0 Å². The van der Waals surface area contributed by atoms with Gasteiger partial charge in [-0.1, -0.05) is 25.1 Å². The third-order valence-electron chi connectivity index (χ3n) is 4.06. The van der Waals surface area contributed by atoms with Crippen molar-refractivity contribution >= 4 is 17.0 Å². The minimum absolute atomic E-state index is 0.396. The van der Waals surface area contributed by atoms with Gasteiger partial charge < -0.3 is 14.5 Å². The summed E-state index contributed by atoms with van der Waals surface area (Å²) >= 11 is 0. The van der Waals surface area contributed by atoms with Gasteiger partial charge in [-0.05, 0) is 18.1 Å². The Bertz CT molecular complexity index is 830. The van der Waals surface area contributed by atoms with Crippen LogP contribution in [0.4, 0.5) is 5.82 Å². The van der Waals surface area contributed by atoms with E-state index in [4.69, 9.17) is 9.15 Å². The van der Waals surface area contributed by atoms with E-state index in [9.17, 15) is 0 Å². The molecule has 0 fully saturated rings. The van der Waals surface area contributed by atoms with Gasteiger partial charge in [0, 0.05) is 18.9 Å². The molecule has 23 heavy (non-hydrogen) atoms. The molecular weight excluding hydrogens is 292 g/mol. The number of benzene rings is 1. The van der Waals surface area contributed by atoms with Gasteiger partial charge in [-0.3, -0.25) is 0 Å². The van der Waals surface area contributed by atoms with Gasteiger partial charge in [0.2, 0.25) is 0 Å². The predicted octanol–water partition coefficient (Wildman–Crippen LogP) is 2.84. The first-order valence-electron chi connectivity index (χ1n) is 7.88. The number of para-hydroxylation sites is 1. The van der Waals surface area contributed by atoms with E-state index in [2.05, 4.69) is 26.3 Å². The second-order valence-corrected chi connectivity index (χ2v) is 5.71. The van der Waals surface area contributed by atoms with Crippen LogP contribution in [-0.2, 0) is 12.8 Å². The van der Waals surface area contributed by atoms with Gasteiger partial charge in [-0.15, -0.1) is 0 Å². The smallest absolute Gasteiger partial charge is 0.252 e. The molecule has 1 aliphatic heterocycles. The highest BCUT2D eigenvalue weighted by Crippen LogP contribution is 2.27. The number of hydrogen-bond acceptors (Lipinski definition) is 6. The lowest BCUT2D eigenvalue weighted by atomic mass is 9.97. The second-order valence-electron chi connectivity index (χ2n) is 5.71. The Morgan fingerprint density at radius 3 is 3.09 bits per heavy atom. The number of nitrogens with zero attached hydrogens (tertiary/aromatic N) is 3. The van der Waals surface area contributed by atoms with Crippen LogP contribution in [0.3, 0.4) is 0 Å². The number of anilines is 1. The highest BCUT2D eigenvalue weighted by molar-refractivity contribution is 5.80. The fraction of sp³-hybridized carbons (Fsp3) is 0.353. The molecule has 1 aromatic carbocycles. The Labute approximate surface area is 133 Å². The molecule has 4 rings (SSSR count). The van der Waals surface area contributed by atoms with Crippen molar-refractivity contribution in [3.63, 3.8) is 0 Å². The Morgan fingerprint density at radius 1 is 1.26 bits per heavy atom. The SMILES string of the molecule is CCc1nc2c(NC[C@@H]3COc4ccccc4C3)ncnc2o1. The number of aromatic nitrogens is 3. The summed E-state index contributed by atoms with van der Waals surface area (Å²) in [5, 5.41) is 3.37. The van der Waals surface area contributed by atoms with Gasteiger partial charge in [0.25, 0.3) is 5.71 Å². The third-order valence-corrected chi connectivity index (χ3v) is 4.06. The second kappa shape index (κ2) is 5.87. The quantitative estimate of drug-likeness (QED) is 0.799. The van der Waals surface area contributed by atoms with Gasteiger partial charge >= 0.3 is 0 Å². The Balaban J connectivity index is 1.49. The van der Waals surface area contributed by atoms with E-state index in [1.165, 1.54) is 11.9 Å². The number of rotatable bonds is 4. The normalized spacial score (nSPS) is 16.8. The van der Waals surface area contributed by atoms with Crippen LogP contribution in [-0.4, -0.2) is 28.1 Å². The fourth-order valence-corrected chi connectivity index (χ4v) is 2.84. The average molecular weight is 310 g/mol. The van der Waals surface area contributed by atoms with E-state index in [1.54, 1.807) is 0 Å². The zero-order valence-corrected chi connectivity index (χ0v) is 13.0. The minimum Gasteiger partial charge on any atom is -0.493 e. The number of nitrogens with one attached hydrogen (secondary N) is 1. The van der Waals surface area contributed by atoms with Crippen molar-refractivity contribution in [2.24, 2.45) is 5.92 Å². The number of oxazole rings is 1. The molecule has 0 aliphatic carbocycles. The first-order chi connectivity index (χ1) is 11.3. The maximum absolute atomic E-state index is 5.83. The van der Waals surface area contributed by atoms with E-state index in [1.807, 2.05) is 25.1 Å². The molecule has 6 heteroatoms. The van der Waals surface area contributed by atoms with Crippen molar-refractivity contribution in [1.29, 1.82) is 0 Å². The number of aryl methyl sites for hydroxylation is 1. The Kier molecular flexibility index (Phi) is 3.57. The first kappa shape index (κ1) is 14.0. The van der Waals surface area contributed by atoms with Crippen molar-refractivity contribution < 1.29 is 9.15 Å². The molecule has 6 nitrogen and oxygen atoms in total. The standard InChI is InChI=1S/C17H18N4O2/c1-2-14-21-15-16(19-10-20-17(15)23-14)18-8-11-7-12-5-3-4-6-13(12)22-9-11/h3-6,10-11H,2,7-9H2,1H3,(H,18,19,20)/t11-/m1/s1. The zero-order valence-electron chi connectivity index (χ0n) is 13.0. The van der Waals surface area contributed by atoms with Gasteiger partial charge in [0.15, 0.2) is 17.2 Å². The first-order valence-corrected chi connectivity index (χ1v) is 7.88. The molecule has 0 amide bonds. The van der Waals surface area contributed by atoms with Crippen molar-refractivity contribution in [3.05, 3.63) is 42.0 Å². The van der Waals surface area contributed by atoms with Crippen LogP contribution < -0.4 is 10.1 Å². The summed E-state index contributed by atoms with van der Waals surface area (Å²) in [6.45, 7) is 3.48. The molecule has 1 aliphatic rings. The maximum atomic E-state index is 5.83. The van der Waals surface area contributed by atoms with Gasteiger partial charge in [-0.25, -0.2) is 9.97 Å². The van der Waals surface area contributed by atoms with Gasteiger partial charge in [0.05, 0.1) is 6.61 Å². The summed E-state index contributed by atoms with van der Waals surface area (Å²) in [6.07, 6.45) is 3.24. The minimum atomic E-state index is 0.396. The molecule has 118 valence electrons. The largest absolute Gasteiger partial charge is 0.493 e. The molecule has 2 aromatic heterocycles. The van der Waals surface area contributed by atoms with E-state index in [-0.39, 0.29) is 0 Å². The number of ether oxygens (including phenoxy) is 1. The summed E-state index contributed by atoms with van der Waals surface area (Å²) in [5.74, 6) is 2.79. The molecule has 0 unspecified atom stereocenters. The van der Waals surface area contributed by atoms with Crippen molar-refractivity contribution in [2.75, 3.05) is 18.5 Å². The lowest BCUT2D eigenvalue weighted by Gasteiger charge is -2.25. The molecule has 1 atom stereocenters. The van der Waals surface area contributed by atoms with Crippen LogP contribution in [0, 0.1) is 5.92 Å². The van der Waals surface area contributed by atoms with Crippen LogP contribution in [0.1, 0.15) is 18.4 Å². The Morgan fingerprint density at radius 2 is 2.17 bits per heavy atom. The van der Waals surface area contributed by atoms with Crippen molar-refractivity contribution in [3.8, 4) is 5.75 Å². The summed E-state index contributed by atoms with van der Waals surface area (Å²) in [7, 11) is 0. The summed E-state index contributed by atoms with van der Waals surface area (Å²) in [6, 6.07) is 8.20. The lowest BCUT2D eigenvalue weighted by molar-refractivity contribution is 0.229. The van der Waals surface area contributed by atoms with Crippen LogP contribution in [0.5, 0.6) is 5.75 Å². The van der Waals surface area contributed by atoms with Gasteiger partial charge in [-0.2, -0.15) is 4.98 Å². The van der Waals surface area contributed by atoms with E-state index in [0.717, 1.165) is 31.0 Å². The highest BCUT2D eigenvalue weighted by atomic mass is 16.5. The zero-order chi connectivity index (χ0) is 15.6. The molecule has 3 aromatic rings. The fourth-order valence-electron chi connectivity index (χ4n) is 2.84. The number of hydrogen-bond donors (Lipinski definition) is 1. The van der Waals surface area contributed by atoms with Crippen LogP contribution in [0.2, 0.25) is 0 Å². The topological polar surface area (TPSA) is 73.1 Å². The number of fused-ring (bicyclic) bond motifs is 2. The summed E-state index contributed by atoms with van der Waals surface area (Å²) < 4.78 is 11.4. The highest BCUT2D eigenvalue weighted by Gasteiger charge is 2.20. The van der Waals surface area contributed by atoms with Crippen LogP contribution >= 0.6 is 0 Å². The average Bonchev–Trinajstić information content (AvgIpc) is 3.03. The summed E-state index contributed by atoms with van der Waals surface area (Å²) in [4.78, 5) is 12.9. The van der Waals surface area contributed by atoms with E-state index in [0.29, 0.717) is 29.6 Å². The van der Waals surface area contributed by atoms with E-state index < -0.39 is 0 Å². The van der Waals surface area contributed by atoms with Crippen LogP contribution in [0.25, 0.3) is 11.2 Å². The molecule has 1 N–H and O–H groups in total.